The summed E-state index contributed by atoms with van der Waals surface area (Å²) >= 11 is 0. The first-order valence-corrected chi connectivity index (χ1v) is 7.69. The highest BCUT2D eigenvalue weighted by atomic mass is 32.2. The van der Waals surface area contributed by atoms with Gasteiger partial charge >= 0.3 is 0 Å². The topological polar surface area (TPSA) is 61.2 Å². The molecule has 0 bridgehead atoms. The monoisotopic (exact) mass is 264 g/mol. The van der Waals surface area contributed by atoms with Crippen molar-refractivity contribution in [1.29, 1.82) is 5.26 Å². The molecule has 1 aromatic carbocycles. The minimum Gasteiger partial charge on any atom is -0.369 e. The molecule has 0 aliphatic carbocycles. The Labute approximate surface area is 108 Å². The Hall–Kier alpha value is -1.54. The molecule has 0 aromatic heterocycles. The van der Waals surface area contributed by atoms with Gasteiger partial charge in [-0.15, -0.1) is 0 Å². The van der Waals surface area contributed by atoms with E-state index in [9.17, 15) is 8.42 Å². The molecule has 18 heavy (non-hydrogen) atoms. The molecule has 1 aromatic rings. The molecular weight excluding hydrogens is 248 g/mol. The standard InChI is InChI=1S/C13H16N2O2S/c1-10-3-4-11(8-14)13(7-10)15(2)12-5-6-18(16,17)9-12/h3-4,7,12H,5-6,9H2,1-2H3. The number of nitrogens with zero attached hydrogens (tertiary/aromatic N) is 2. The average molecular weight is 264 g/mol. The molecule has 5 heteroatoms. The van der Waals surface area contributed by atoms with Gasteiger partial charge in [-0.05, 0) is 31.0 Å². The molecule has 1 aliphatic heterocycles. The maximum Gasteiger partial charge on any atom is 0.152 e. The van der Waals surface area contributed by atoms with E-state index in [1.165, 1.54) is 0 Å². The van der Waals surface area contributed by atoms with Crippen molar-refractivity contribution in [3.05, 3.63) is 29.3 Å². The Kier molecular flexibility index (Phi) is 3.31. The van der Waals surface area contributed by atoms with Crippen molar-refractivity contribution in [2.75, 3.05) is 23.5 Å². The first-order valence-electron chi connectivity index (χ1n) is 5.87. The molecule has 2 rings (SSSR count). The predicted octanol–water partition coefficient (Wildman–Crippen LogP) is 1.49. The second-order valence-electron chi connectivity index (χ2n) is 4.80. The molecule has 1 heterocycles. The van der Waals surface area contributed by atoms with E-state index in [0.29, 0.717) is 12.0 Å². The molecular formula is C13H16N2O2S. The third kappa shape index (κ3) is 2.49. The van der Waals surface area contributed by atoms with Gasteiger partial charge in [-0.1, -0.05) is 6.07 Å². The van der Waals surface area contributed by atoms with E-state index in [1.807, 2.05) is 31.0 Å². The lowest BCUT2D eigenvalue weighted by molar-refractivity contribution is 0.601. The highest BCUT2D eigenvalue weighted by molar-refractivity contribution is 7.91. The van der Waals surface area contributed by atoms with Crippen molar-refractivity contribution in [2.45, 2.75) is 19.4 Å². The van der Waals surface area contributed by atoms with Crippen molar-refractivity contribution >= 4 is 15.5 Å². The molecule has 0 spiro atoms. The highest BCUT2D eigenvalue weighted by Gasteiger charge is 2.31. The van der Waals surface area contributed by atoms with Gasteiger partial charge in [0.15, 0.2) is 9.84 Å². The molecule has 0 N–H and O–H groups in total. The van der Waals surface area contributed by atoms with Crippen LogP contribution in [0, 0.1) is 18.3 Å². The number of hydrogen-bond donors (Lipinski definition) is 0. The summed E-state index contributed by atoms with van der Waals surface area (Å²) in [5, 5.41) is 9.11. The second kappa shape index (κ2) is 4.62. The van der Waals surface area contributed by atoms with Gasteiger partial charge in [0.05, 0.1) is 22.8 Å². The SMILES string of the molecule is Cc1ccc(C#N)c(N(C)C2CCS(=O)(=O)C2)c1. The van der Waals surface area contributed by atoms with Crippen LogP contribution in [0.25, 0.3) is 0 Å². The number of nitriles is 1. The molecule has 1 unspecified atom stereocenters. The van der Waals surface area contributed by atoms with Gasteiger partial charge < -0.3 is 4.90 Å². The van der Waals surface area contributed by atoms with E-state index < -0.39 is 9.84 Å². The second-order valence-corrected chi connectivity index (χ2v) is 7.03. The maximum atomic E-state index is 11.5. The molecule has 4 nitrogen and oxygen atoms in total. The molecule has 1 saturated heterocycles. The van der Waals surface area contributed by atoms with Crippen LogP contribution >= 0.6 is 0 Å². The van der Waals surface area contributed by atoms with Gasteiger partial charge in [0.2, 0.25) is 0 Å². The molecule has 96 valence electrons. The van der Waals surface area contributed by atoms with Gasteiger partial charge in [-0.3, -0.25) is 0 Å². The van der Waals surface area contributed by atoms with E-state index in [4.69, 9.17) is 5.26 Å². The summed E-state index contributed by atoms with van der Waals surface area (Å²) in [6.45, 7) is 1.96. The number of anilines is 1. The molecule has 1 fully saturated rings. The maximum absolute atomic E-state index is 11.5. The third-order valence-electron chi connectivity index (χ3n) is 3.41. The first kappa shape index (κ1) is 12.9. The number of benzene rings is 1. The fourth-order valence-electron chi connectivity index (χ4n) is 2.31. The summed E-state index contributed by atoms with van der Waals surface area (Å²) in [5.41, 5.74) is 2.48. The quantitative estimate of drug-likeness (QED) is 0.812. The van der Waals surface area contributed by atoms with E-state index in [-0.39, 0.29) is 17.5 Å². The zero-order valence-electron chi connectivity index (χ0n) is 10.5. The molecule has 1 atom stereocenters. The Bertz CT molecular complexity index is 602. The van der Waals surface area contributed by atoms with Crippen LogP contribution in [-0.4, -0.2) is 33.0 Å². The van der Waals surface area contributed by atoms with E-state index in [0.717, 1.165) is 11.3 Å². The smallest absolute Gasteiger partial charge is 0.152 e. The van der Waals surface area contributed by atoms with Gasteiger partial charge in [0.25, 0.3) is 0 Å². The molecule has 0 saturated carbocycles. The van der Waals surface area contributed by atoms with Crippen LogP contribution in [0.15, 0.2) is 18.2 Å². The Morgan fingerprint density at radius 2 is 2.17 bits per heavy atom. The van der Waals surface area contributed by atoms with Crippen molar-refractivity contribution in [3.63, 3.8) is 0 Å². The normalized spacial score (nSPS) is 21.5. The highest BCUT2D eigenvalue weighted by Crippen LogP contribution is 2.26. The third-order valence-corrected chi connectivity index (χ3v) is 5.16. The van der Waals surface area contributed by atoms with Crippen LogP contribution in [0.4, 0.5) is 5.69 Å². The fraction of sp³-hybridized carbons (Fsp3) is 0.462. The minimum atomic E-state index is -2.90. The summed E-state index contributed by atoms with van der Waals surface area (Å²) in [4.78, 5) is 1.93. The van der Waals surface area contributed by atoms with Crippen molar-refractivity contribution in [3.8, 4) is 6.07 Å². The number of hydrogen-bond acceptors (Lipinski definition) is 4. The lowest BCUT2D eigenvalue weighted by atomic mass is 10.1. The zero-order valence-corrected chi connectivity index (χ0v) is 11.4. The average Bonchev–Trinajstić information content (AvgIpc) is 2.68. The van der Waals surface area contributed by atoms with Gasteiger partial charge in [-0.25, -0.2) is 8.42 Å². The largest absolute Gasteiger partial charge is 0.369 e. The van der Waals surface area contributed by atoms with Crippen LogP contribution in [0.3, 0.4) is 0 Å². The summed E-state index contributed by atoms with van der Waals surface area (Å²) in [6.07, 6.45) is 0.637. The first-order chi connectivity index (χ1) is 8.43. The predicted molar refractivity (Wildman–Crippen MR) is 71.4 cm³/mol. The summed E-state index contributed by atoms with van der Waals surface area (Å²) < 4.78 is 23.0. The van der Waals surface area contributed by atoms with E-state index in [1.54, 1.807) is 6.07 Å². The van der Waals surface area contributed by atoms with Crippen LogP contribution < -0.4 is 4.90 Å². The van der Waals surface area contributed by atoms with Crippen LogP contribution in [0.5, 0.6) is 0 Å². The number of sulfone groups is 1. The Morgan fingerprint density at radius 1 is 1.44 bits per heavy atom. The van der Waals surface area contributed by atoms with Crippen LogP contribution in [0.1, 0.15) is 17.5 Å². The van der Waals surface area contributed by atoms with Crippen LogP contribution in [0.2, 0.25) is 0 Å². The van der Waals surface area contributed by atoms with Crippen molar-refractivity contribution in [1.82, 2.24) is 0 Å². The number of rotatable bonds is 2. The van der Waals surface area contributed by atoms with Crippen LogP contribution in [-0.2, 0) is 9.84 Å². The molecule has 0 radical (unpaired) electrons. The molecule has 0 amide bonds. The minimum absolute atomic E-state index is 0.0242. The van der Waals surface area contributed by atoms with Gasteiger partial charge in [0, 0.05) is 13.1 Å². The van der Waals surface area contributed by atoms with Crippen molar-refractivity contribution < 1.29 is 8.42 Å². The summed E-state index contributed by atoms with van der Waals surface area (Å²) in [7, 11) is -1.04. The van der Waals surface area contributed by atoms with E-state index >= 15 is 0 Å². The Balaban J connectivity index is 2.32. The van der Waals surface area contributed by atoms with Crippen molar-refractivity contribution in [2.24, 2.45) is 0 Å². The van der Waals surface area contributed by atoms with E-state index in [2.05, 4.69) is 6.07 Å². The lowest BCUT2D eigenvalue weighted by Gasteiger charge is -2.26. The Morgan fingerprint density at radius 3 is 2.72 bits per heavy atom. The van der Waals surface area contributed by atoms with Gasteiger partial charge in [0.1, 0.15) is 6.07 Å². The molecule has 1 aliphatic rings. The summed E-state index contributed by atoms with van der Waals surface area (Å²) in [6, 6.07) is 7.74. The number of aryl methyl sites for hydroxylation is 1. The lowest BCUT2D eigenvalue weighted by Crippen LogP contribution is -2.33. The van der Waals surface area contributed by atoms with Gasteiger partial charge in [-0.2, -0.15) is 5.26 Å². The fourth-order valence-corrected chi connectivity index (χ4v) is 4.08. The summed E-state index contributed by atoms with van der Waals surface area (Å²) in [5.74, 6) is 0.429. The zero-order chi connectivity index (χ0) is 13.3.